The Bertz CT molecular complexity index is 1080. The molecule has 2 fully saturated rings. The van der Waals surface area contributed by atoms with Crippen LogP contribution in [0.4, 0.5) is 0 Å². The second-order valence-corrected chi connectivity index (χ2v) is 16.9. The lowest BCUT2D eigenvalue weighted by Crippen LogP contribution is -2.68. The van der Waals surface area contributed by atoms with Crippen LogP contribution in [-0.2, 0) is 32.6 Å². The molecule has 1 aliphatic heterocycles. The first-order valence-corrected chi connectivity index (χ1v) is 22.5. The zero-order chi connectivity index (χ0) is 41.5. The summed E-state index contributed by atoms with van der Waals surface area (Å²) in [7, 11) is -5.21. The van der Waals surface area contributed by atoms with Gasteiger partial charge in [0, 0.05) is 6.42 Å². The number of aliphatic hydroxyl groups is 8. The molecule has 0 aromatic rings. The third kappa shape index (κ3) is 19.0. The number of unbranched alkanes of at least 4 members (excludes halogenated alkanes) is 19. The van der Waals surface area contributed by atoms with E-state index in [-0.39, 0.29) is 6.42 Å². The summed E-state index contributed by atoms with van der Waals surface area (Å²) in [6.07, 6.45) is 4.77. The first kappa shape index (κ1) is 51.3. The first-order chi connectivity index (χ1) is 26.7. The fraction of sp³-hybridized carbons (Fsp3) is 0.974. The molecular weight excluding hydrogens is 757 g/mol. The van der Waals surface area contributed by atoms with Gasteiger partial charge in [-0.3, -0.25) is 13.8 Å². The molecule has 11 N–H and O–H groups in total. The lowest BCUT2D eigenvalue weighted by atomic mass is 9.84. The van der Waals surface area contributed by atoms with Gasteiger partial charge in [0.15, 0.2) is 6.29 Å². The molecule has 0 aromatic carbocycles. The molecule has 0 radical (unpaired) electrons. The van der Waals surface area contributed by atoms with Gasteiger partial charge < -0.3 is 65.7 Å². The van der Waals surface area contributed by atoms with Crippen LogP contribution in [0.15, 0.2) is 0 Å². The van der Waals surface area contributed by atoms with Crippen molar-refractivity contribution in [3.63, 3.8) is 0 Å². The van der Waals surface area contributed by atoms with E-state index in [1.54, 1.807) is 0 Å². The minimum Gasteiger partial charge on any atom is -0.463 e. The maximum absolute atomic E-state index is 12.8. The smallest absolute Gasteiger partial charge is 0.463 e. The van der Waals surface area contributed by atoms with Gasteiger partial charge in [0.2, 0.25) is 0 Å². The van der Waals surface area contributed by atoms with Gasteiger partial charge in [0.05, 0.1) is 19.3 Å². The topological polar surface area (TPSA) is 288 Å². The lowest BCUT2D eigenvalue weighted by molar-refractivity contribution is -0.315. The van der Waals surface area contributed by atoms with Crippen LogP contribution in [0.3, 0.4) is 0 Å². The van der Waals surface area contributed by atoms with E-state index in [1.165, 1.54) is 103 Å². The number of hydrogen-bond acceptors (Lipinski definition) is 16. The number of aliphatic hydroxyl groups excluding tert-OH is 8. The van der Waals surface area contributed by atoms with Crippen LogP contribution in [0.25, 0.3) is 0 Å². The van der Waals surface area contributed by atoms with Gasteiger partial charge in [-0.1, -0.05) is 129 Å². The Morgan fingerprint density at radius 3 is 1.57 bits per heavy atom. The highest BCUT2D eigenvalue weighted by Gasteiger charge is 2.55. The summed E-state index contributed by atoms with van der Waals surface area (Å²) >= 11 is 0. The minimum absolute atomic E-state index is 0.148. The van der Waals surface area contributed by atoms with E-state index in [9.17, 15) is 55.1 Å². The number of esters is 1. The van der Waals surface area contributed by atoms with Crippen molar-refractivity contribution < 1.29 is 78.4 Å². The average molecular weight is 832 g/mol. The van der Waals surface area contributed by atoms with Crippen LogP contribution in [0.2, 0.25) is 0 Å². The summed E-state index contributed by atoms with van der Waals surface area (Å²) in [5.41, 5.74) is 5.86. The molecule has 1 aliphatic carbocycles. The summed E-state index contributed by atoms with van der Waals surface area (Å²) in [5, 5.41) is 81.5. The average Bonchev–Trinajstić information content (AvgIpc) is 3.18. The van der Waals surface area contributed by atoms with E-state index in [4.69, 9.17) is 29.0 Å². The summed E-state index contributed by atoms with van der Waals surface area (Å²) in [6, 6.07) is -1.50. The number of nitrogens with two attached hydrogens (primary N) is 1. The van der Waals surface area contributed by atoms with Crippen molar-refractivity contribution in [2.75, 3.05) is 19.8 Å². The van der Waals surface area contributed by atoms with E-state index in [0.717, 1.165) is 19.3 Å². The number of phosphoric ester groups is 1. The van der Waals surface area contributed by atoms with Crippen LogP contribution in [0.1, 0.15) is 142 Å². The monoisotopic (exact) mass is 831 g/mol. The Hall–Kier alpha value is -0.860. The zero-order valence-corrected chi connectivity index (χ0v) is 34.2. The van der Waals surface area contributed by atoms with E-state index >= 15 is 0 Å². The molecule has 0 bridgehead atoms. The third-order valence-electron chi connectivity index (χ3n) is 10.6. The van der Waals surface area contributed by atoms with Crippen LogP contribution >= 0.6 is 7.82 Å². The molecule has 0 spiro atoms. The van der Waals surface area contributed by atoms with Crippen molar-refractivity contribution in [1.29, 1.82) is 0 Å². The van der Waals surface area contributed by atoms with Crippen molar-refractivity contribution in [2.45, 2.75) is 215 Å². The first-order valence-electron chi connectivity index (χ1n) is 21.0. The molecule has 0 amide bonds. The Kier molecular flexibility index (Phi) is 26.2. The Balaban J connectivity index is 1.58. The summed E-state index contributed by atoms with van der Waals surface area (Å²) in [6.45, 7) is 0.0709. The predicted molar refractivity (Wildman–Crippen MR) is 205 cm³/mol. The molecule has 18 heteroatoms. The highest BCUT2D eigenvalue weighted by Crippen LogP contribution is 2.47. The number of ether oxygens (including phenoxy) is 3. The van der Waals surface area contributed by atoms with Gasteiger partial charge in [-0.25, -0.2) is 4.57 Å². The molecule has 13 atom stereocenters. The largest absolute Gasteiger partial charge is 0.472 e. The Labute approximate surface area is 332 Å². The van der Waals surface area contributed by atoms with Crippen LogP contribution in [0, 0.1) is 0 Å². The summed E-state index contributed by atoms with van der Waals surface area (Å²) < 4.78 is 38.5. The summed E-state index contributed by atoms with van der Waals surface area (Å²) in [4.78, 5) is 22.5. The fourth-order valence-corrected chi connectivity index (χ4v) is 8.01. The van der Waals surface area contributed by atoms with Crippen LogP contribution < -0.4 is 5.73 Å². The van der Waals surface area contributed by atoms with Crippen molar-refractivity contribution in [3.8, 4) is 0 Å². The molecule has 56 heavy (non-hydrogen) atoms. The van der Waals surface area contributed by atoms with Gasteiger partial charge in [0.25, 0.3) is 0 Å². The molecule has 1 unspecified atom stereocenters. The number of phosphoric acid groups is 1. The maximum atomic E-state index is 12.8. The van der Waals surface area contributed by atoms with Gasteiger partial charge in [0.1, 0.15) is 67.6 Å². The van der Waals surface area contributed by atoms with Gasteiger partial charge in [-0.05, 0) is 6.42 Å². The SMILES string of the molecule is CCCCCCCCCCCCCCCCCCCCCCC(=O)OC[C@H](O)COP(=O)(O)O[C@@H]1[C@H](O)[C@H](O)[C@@H](O)[C@H](O)[C@H]1O[C@H]1O[C@H](CO)[C@@H](O)[C@H](O)[C@H]1N. The normalized spacial score (nSPS) is 31.2. The Morgan fingerprint density at radius 1 is 0.661 bits per heavy atom. The summed E-state index contributed by atoms with van der Waals surface area (Å²) in [5.74, 6) is -0.550. The predicted octanol–water partition coefficient (Wildman–Crippen LogP) is 2.21. The number of carbonyl (C=O) groups is 1. The lowest BCUT2D eigenvalue weighted by Gasteiger charge is -2.47. The standard InChI is InChI=1S/C38H74NO16P/c1-2-3-4-5-6-7-8-9-10-11-12-13-14-15-16-17-18-19-20-21-22-28(42)51-24-26(41)25-52-56(49,50)55-37-35(48)33(46)32(45)34(47)36(37)54-38-29(39)31(44)30(43)27(23-40)53-38/h26-27,29-38,40-41,43-48H,2-25,39H2,1H3,(H,49,50)/t26-,27+,29+,30+,31+,32+,33+,34-,35+,36+,37+,38+/m0/s1. The second-order valence-electron chi connectivity index (χ2n) is 15.5. The number of carbonyl (C=O) groups excluding carboxylic acids is 1. The zero-order valence-electron chi connectivity index (χ0n) is 33.3. The molecular formula is C38H74NO16P. The molecule has 2 rings (SSSR count). The maximum Gasteiger partial charge on any atom is 0.472 e. The van der Waals surface area contributed by atoms with E-state index in [0.29, 0.717) is 6.42 Å². The van der Waals surface area contributed by atoms with Crippen LogP contribution in [0.5, 0.6) is 0 Å². The van der Waals surface area contributed by atoms with Crippen LogP contribution in [-0.4, -0.2) is 145 Å². The highest BCUT2D eigenvalue weighted by molar-refractivity contribution is 7.47. The van der Waals surface area contributed by atoms with Gasteiger partial charge >= 0.3 is 13.8 Å². The minimum atomic E-state index is -5.21. The molecule has 0 aromatic heterocycles. The quantitative estimate of drug-likeness (QED) is 0.0272. The highest BCUT2D eigenvalue weighted by atomic mass is 31.2. The van der Waals surface area contributed by atoms with Crippen molar-refractivity contribution in [1.82, 2.24) is 0 Å². The van der Waals surface area contributed by atoms with E-state index in [1.807, 2.05) is 0 Å². The van der Waals surface area contributed by atoms with Crippen molar-refractivity contribution in [2.24, 2.45) is 5.73 Å². The molecule has 1 saturated carbocycles. The molecule has 2 aliphatic rings. The molecule has 17 nitrogen and oxygen atoms in total. The molecule has 1 heterocycles. The molecule has 1 saturated heterocycles. The van der Waals surface area contributed by atoms with Gasteiger partial charge in [-0.15, -0.1) is 0 Å². The second kappa shape index (κ2) is 28.6. The van der Waals surface area contributed by atoms with Crippen molar-refractivity contribution in [3.05, 3.63) is 0 Å². The number of hydrogen-bond donors (Lipinski definition) is 10. The fourth-order valence-electron chi connectivity index (χ4n) is 7.04. The number of rotatable bonds is 31. The third-order valence-corrected chi connectivity index (χ3v) is 11.6. The van der Waals surface area contributed by atoms with E-state index in [2.05, 4.69) is 6.92 Å². The van der Waals surface area contributed by atoms with Gasteiger partial charge in [-0.2, -0.15) is 0 Å². The van der Waals surface area contributed by atoms with E-state index < -0.39 is 107 Å². The molecule has 332 valence electrons. The Morgan fingerprint density at radius 2 is 1.11 bits per heavy atom. The van der Waals surface area contributed by atoms with Crippen molar-refractivity contribution >= 4 is 13.8 Å².